The van der Waals surface area contributed by atoms with Crippen LogP contribution in [-0.2, 0) is 16.8 Å². The number of amides is 1. The quantitative estimate of drug-likeness (QED) is 0.470. The third kappa shape index (κ3) is 5.37. The SMILES string of the molecule is C[C@@H](c1ccc(OCc2ccccc2)cn1)c1cc(C(C)(C)C)ccc1NC(=O)C1CC1. The summed E-state index contributed by atoms with van der Waals surface area (Å²) in [7, 11) is 0. The smallest absolute Gasteiger partial charge is 0.227 e. The van der Waals surface area contributed by atoms with E-state index in [1.165, 1.54) is 5.56 Å². The van der Waals surface area contributed by atoms with E-state index in [1.54, 1.807) is 6.20 Å². The van der Waals surface area contributed by atoms with E-state index in [0.717, 1.165) is 41.1 Å². The topological polar surface area (TPSA) is 51.2 Å². The van der Waals surface area contributed by atoms with Crippen molar-refractivity contribution in [1.82, 2.24) is 4.98 Å². The number of nitrogens with zero attached hydrogens (tertiary/aromatic N) is 1. The molecule has 0 aliphatic heterocycles. The summed E-state index contributed by atoms with van der Waals surface area (Å²) in [6, 6.07) is 20.5. The summed E-state index contributed by atoms with van der Waals surface area (Å²) in [5.41, 5.74) is 5.32. The molecule has 1 aliphatic rings. The molecule has 0 bridgehead atoms. The van der Waals surface area contributed by atoms with Gasteiger partial charge in [0.25, 0.3) is 0 Å². The number of hydrogen-bond acceptors (Lipinski definition) is 3. The maximum Gasteiger partial charge on any atom is 0.227 e. The summed E-state index contributed by atoms with van der Waals surface area (Å²) in [4.78, 5) is 17.1. The standard InChI is InChI=1S/C28H32N2O2/c1-19(25-15-13-23(17-29-25)32-18-20-8-6-5-7-9-20)24-16-22(28(2,3)4)12-14-26(24)30-27(31)21-10-11-21/h5-9,12-17,19,21H,10-11,18H2,1-4H3,(H,30,31)/t19-/m1/s1. The van der Waals surface area contributed by atoms with Crippen LogP contribution in [0.4, 0.5) is 5.69 Å². The molecular weight excluding hydrogens is 396 g/mol. The lowest BCUT2D eigenvalue weighted by atomic mass is 9.83. The first kappa shape index (κ1) is 22.1. The lowest BCUT2D eigenvalue weighted by Gasteiger charge is -2.24. The number of aromatic nitrogens is 1. The average molecular weight is 429 g/mol. The van der Waals surface area contributed by atoms with E-state index in [4.69, 9.17) is 4.74 Å². The second kappa shape index (κ2) is 9.15. The first-order valence-corrected chi connectivity index (χ1v) is 11.4. The predicted octanol–water partition coefficient (Wildman–Crippen LogP) is 6.46. The number of anilines is 1. The summed E-state index contributed by atoms with van der Waals surface area (Å²) < 4.78 is 5.89. The predicted molar refractivity (Wildman–Crippen MR) is 129 cm³/mol. The van der Waals surface area contributed by atoms with E-state index in [2.05, 4.69) is 50.1 Å². The van der Waals surface area contributed by atoms with Gasteiger partial charge in [0.05, 0.1) is 6.20 Å². The Morgan fingerprint density at radius 1 is 1.09 bits per heavy atom. The van der Waals surface area contributed by atoms with Gasteiger partial charge in [-0.05, 0) is 53.1 Å². The lowest BCUT2D eigenvalue weighted by molar-refractivity contribution is -0.117. The van der Waals surface area contributed by atoms with Crippen LogP contribution < -0.4 is 10.1 Å². The average Bonchev–Trinajstić information content (AvgIpc) is 3.63. The molecule has 3 aromatic rings. The van der Waals surface area contributed by atoms with Crippen LogP contribution in [0.15, 0.2) is 66.9 Å². The molecular formula is C28H32N2O2. The highest BCUT2D eigenvalue weighted by molar-refractivity contribution is 5.94. The number of ether oxygens (including phenoxy) is 1. The summed E-state index contributed by atoms with van der Waals surface area (Å²) in [5, 5.41) is 3.16. The molecule has 32 heavy (non-hydrogen) atoms. The van der Waals surface area contributed by atoms with Gasteiger partial charge in [0.2, 0.25) is 5.91 Å². The second-order valence-corrected chi connectivity index (χ2v) is 9.73. The van der Waals surface area contributed by atoms with Crippen molar-refractivity contribution in [2.45, 2.75) is 58.5 Å². The van der Waals surface area contributed by atoms with E-state index in [0.29, 0.717) is 6.61 Å². The van der Waals surface area contributed by atoms with Crippen molar-refractivity contribution in [3.05, 3.63) is 89.2 Å². The van der Waals surface area contributed by atoms with Crippen molar-refractivity contribution in [3.63, 3.8) is 0 Å². The van der Waals surface area contributed by atoms with Gasteiger partial charge in [0.15, 0.2) is 0 Å². The third-order valence-electron chi connectivity index (χ3n) is 6.04. The summed E-state index contributed by atoms with van der Waals surface area (Å²) >= 11 is 0. The molecule has 1 aliphatic carbocycles. The van der Waals surface area contributed by atoms with Crippen molar-refractivity contribution in [1.29, 1.82) is 0 Å². The van der Waals surface area contributed by atoms with Crippen LogP contribution in [0.25, 0.3) is 0 Å². The fourth-order valence-electron chi connectivity index (χ4n) is 3.72. The van der Waals surface area contributed by atoms with Gasteiger partial charge in [-0.2, -0.15) is 0 Å². The second-order valence-electron chi connectivity index (χ2n) is 9.73. The molecule has 1 heterocycles. The molecule has 2 aromatic carbocycles. The number of hydrogen-bond donors (Lipinski definition) is 1. The first-order valence-electron chi connectivity index (χ1n) is 11.4. The Morgan fingerprint density at radius 3 is 2.47 bits per heavy atom. The van der Waals surface area contributed by atoms with Crippen LogP contribution in [0.5, 0.6) is 5.75 Å². The van der Waals surface area contributed by atoms with E-state index in [-0.39, 0.29) is 23.2 Å². The Bertz CT molecular complexity index is 1060. The minimum atomic E-state index is 0.0239. The van der Waals surface area contributed by atoms with E-state index in [9.17, 15) is 4.79 Å². The van der Waals surface area contributed by atoms with E-state index in [1.807, 2.05) is 48.5 Å². The van der Waals surface area contributed by atoms with E-state index >= 15 is 0 Å². The van der Waals surface area contributed by atoms with Crippen molar-refractivity contribution < 1.29 is 9.53 Å². The Morgan fingerprint density at radius 2 is 1.84 bits per heavy atom. The zero-order valence-electron chi connectivity index (χ0n) is 19.4. The Labute approximate surface area is 191 Å². The molecule has 4 rings (SSSR count). The van der Waals surface area contributed by atoms with Gasteiger partial charge >= 0.3 is 0 Å². The molecule has 1 N–H and O–H groups in total. The number of nitrogens with one attached hydrogen (secondary N) is 1. The highest BCUT2D eigenvalue weighted by atomic mass is 16.5. The molecule has 4 heteroatoms. The van der Waals surface area contributed by atoms with Crippen LogP contribution in [0.2, 0.25) is 0 Å². The molecule has 4 nitrogen and oxygen atoms in total. The van der Waals surface area contributed by atoms with Crippen LogP contribution in [-0.4, -0.2) is 10.9 Å². The monoisotopic (exact) mass is 428 g/mol. The molecule has 0 saturated heterocycles. The Balaban J connectivity index is 1.54. The Hall–Kier alpha value is -3.14. The Kier molecular flexibility index (Phi) is 6.31. The molecule has 1 saturated carbocycles. The summed E-state index contributed by atoms with van der Waals surface area (Å²) in [6.45, 7) is 9.27. The molecule has 166 valence electrons. The van der Waals surface area contributed by atoms with Crippen LogP contribution in [0, 0.1) is 5.92 Å². The first-order chi connectivity index (χ1) is 15.3. The van der Waals surface area contributed by atoms with Gasteiger partial charge in [-0.3, -0.25) is 9.78 Å². The van der Waals surface area contributed by atoms with E-state index < -0.39 is 0 Å². The molecule has 0 unspecified atom stereocenters. The van der Waals surface area contributed by atoms with Crippen molar-refractivity contribution >= 4 is 11.6 Å². The van der Waals surface area contributed by atoms with Crippen LogP contribution >= 0.6 is 0 Å². The van der Waals surface area contributed by atoms with Gasteiger partial charge in [-0.25, -0.2) is 0 Å². The molecule has 1 aromatic heterocycles. The fourth-order valence-corrected chi connectivity index (χ4v) is 3.72. The zero-order chi connectivity index (χ0) is 22.7. The maximum absolute atomic E-state index is 12.5. The number of carbonyl (C=O) groups excluding carboxylic acids is 1. The van der Waals surface area contributed by atoms with Crippen molar-refractivity contribution in [2.24, 2.45) is 5.92 Å². The zero-order valence-corrected chi connectivity index (χ0v) is 19.4. The molecule has 0 radical (unpaired) electrons. The largest absolute Gasteiger partial charge is 0.487 e. The number of rotatable bonds is 7. The van der Waals surface area contributed by atoms with Crippen molar-refractivity contribution in [3.8, 4) is 5.75 Å². The number of benzene rings is 2. The van der Waals surface area contributed by atoms with Crippen LogP contribution in [0.3, 0.4) is 0 Å². The van der Waals surface area contributed by atoms with Gasteiger partial charge < -0.3 is 10.1 Å². The number of pyridine rings is 1. The number of carbonyl (C=O) groups is 1. The maximum atomic E-state index is 12.5. The van der Waals surface area contributed by atoms with Crippen LogP contribution in [0.1, 0.15) is 68.8 Å². The van der Waals surface area contributed by atoms with Gasteiger partial charge in [-0.1, -0.05) is 70.2 Å². The summed E-state index contributed by atoms with van der Waals surface area (Å²) in [5.74, 6) is 1.07. The third-order valence-corrected chi connectivity index (χ3v) is 6.04. The normalized spacial score (nSPS) is 14.6. The molecule has 0 spiro atoms. The molecule has 1 atom stereocenters. The summed E-state index contributed by atoms with van der Waals surface area (Å²) in [6.07, 6.45) is 3.76. The van der Waals surface area contributed by atoms with Gasteiger partial charge in [0.1, 0.15) is 12.4 Å². The highest BCUT2D eigenvalue weighted by Gasteiger charge is 2.30. The minimum absolute atomic E-state index is 0.0239. The van der Waals surface area contributed by atoms with Gasteiger partial charge in [0, 0.05) is 23.2 Å². The van der Waals surface area contributed by atoms with Crippen molar-refractivity contribution in [2.75, 3.05) is 5.32 Å². The fraction of sp³-hybridized carbons (Fsp3) is 0.357. The molecule has 1 fully saturated rings. The lowest BCUT2D eigenvalue weighted by Crippen LogP contribution is -2.17. The molecule has 1 amide bonds. The minimum Gasteiger partial charge on any atom is -0.487 e. The van der Waals surface area contributed by atoms with Gasteiger partial charge in [-0.15, -0.1) is 0 Å². The highest BCUT2D eigenvalue weighted by Crippen LogP contribution is 2.36.